The molecule has 1 unspecified atom stereocenters. The van der Waals surface area contributed by atoms with E-state index >= 15 is 0 Å². The van der Waals surface area contributed by atoms with Crippen molar-refractivity contribution in [2.75, 3.05) is 13.7 Å². The second-order valence-corrected chi connectivity index (χ2v) is 4.38. The van der Waals surface area contributed by atoms with E-state index in [1.54, 1.807) is 32.2 Å². The molecular weight excluding hydrogens is 261 g/mol. The summed E-state index contributed by atoms with van der Waals surface area (Å²) in [4.78, 5) is 11.9. The van der Waals surface area contributed by atoms with Gasteiger partial charge in [-0.15, -0.1) is 0 Å². The quantitative estimate of drug-likeness (QED) is 0.914. The number of halogens is 1. The molecule has 0 saturated heterocycles. The molecule has 0 fully saturated rings. The van der Waals surface area contributed by atoms with E-state index in [0.717, 1.165) is 5.56 Å². The lowest BCUT2D eigenvalue weighted by molar-refractivity contribution is 0.0826. The number of methoxy groups -OCH3 is 1. The van der Waals surface area contributed by atoms with Gasteiger partial charge in [0.05, 0.1) is 17.9 Å². The van der Waals surface area contributed by atoms with Crippen molar-refractivity contribution in [1.82, 2.24) is 5.32 Å². The van der Waals surface area contributed by atoms with Crippen LogP contribution in [0.2, 0.25) is 0 Å². The van der Waals surface area contributed by atoms with Crippen LogP contribution in [0.3, 0.4) is 0 Å². The molecule has 2 aromatic rings. The number of furan rings is 1. The van der Waals surface area contributed by atoms with Gasteiger partial charge in [0.25, 0.3) is 5.91 Å². The van der Waals surface area contributed by atoms with E-state index in [9.17, 15) is 9.18 Å². The van der Waals surface area contributed by atoms with E-state index in [1.807, 2.05) is 0 Å². The molecule has 2 rings (SSSR count). The van der Waals surface area contributed by atoms with Crippen molar-refractivity contribution < 1.29 is 18.3 Å². The van der Waals surface area contributed by atoms with Gasteiger partial charge in [0.1, 0.15) is 11.6 Å². The Morgan fingerprint density at radius 2 is 2.05 bits per heavy atom. The van der Waals surface area contributed by atoms with Crippen LogP contribution in [0.25, 0.3) is 0 Å². The molecule has 5 heteroatoms. The van der Waals surface area contributed by atoms with Crippen molar-refractivity contribution in [1.29, 1.82) is 0 Å². The van der Waals surface area contributed by atoms with Gasteiger partial charge >= 0.3 is 0 Å². The number of nitrogens with one attached hydrogen (secondary N) is 1. The minimum atomic E-state index is -0.327. The summed E-state index contributed by atoms with van der Waals surface area (Å²) in [7, 11) is 1.54. The predicted octanol–water partition coefficient (Wildman–Crippen LogP) is 2.84. The monoisotopic (exact) mass is 277 g/mol. The number of aryl methyl sites for hydroxylation is 1. The molecule has 1 N–H and O–H groups in total. The zero-order chi connectivity index (χ0) is 14.5. The fourth-order valence-electron chi connectivity index (χ4n) is 1.92. The molecule has 0 bridgehead atoms. The van der Waals surface area contributed by atoms with Crippen molar-refractivity contribution in [2.45, 2.75) is 13.0 Å². The fraction of sp³-hybridized carbons (Fsp3) is 0.267. The topological polar surface area (TPSA) is 51.5 Å². The molecule has 4 nitrogen and oxygen atoms in total. The molecule has 1 atom stereocenters. The molecule has 1 amide bonds. The summed E-state index contributed by atoms with van der Waals surface area (Å²) in [5, 5.41) is 2.77. The zero-order valence-electron chi connectivity index (χ0n) is 11.4. The summed E-state index contributed by atoms with van der Waals surface area (Å²) >= 11 is 0. The maximum atomic E-state index is 12.9. The number of benzene rings is 1. The minimum Gasteiger partial charge on any atom is -0.469 e. The van der Waals surface area contributed by atoms with E-state index < -0.39 is 0 Å². The lowest BCUT2D eigenvalue weighted by atomic mass is 10.1. The van der Waals surface area contributed by atoms with Gasteiger partial charge in [-0.25, -0.2) is 4.39 Å². The van der Waals surface area contributed by atoms with Crippen molar-refractivity contribution in [3.63, 3.8) is 0 Å². The lowest BCUT2D eigenvalue weighted by Crippen LogP contribution is -2.29. The zero-order valence-corrected chi connectivity index (χ0v) is 11.4. The Balaban J connectivity index is 1.99. The summed E-state index contributed by atoms with van der Waals surface area (Å²) in [6.07, 6.45) is 1.14. The normalized spacial score (nSPS) is 12.2. The number of carbonyl (C=O) groups is 1. The van der Waals surface area contributed by atoms with Gasteiger partial charge in [0.2, 0.25) is 0 Å². The maximum absolute atomic E-state index is 12.9. The van der Waals surface area contributed by atoms with Crippen LogP contribution in [-0.4, -0.2) is 19.6 Å². The molecule has 0 saturated carbocycles. The molecule has 1 aromatic heterocycles. The van der Waals surface area contributed by atoms with E-state index in [4.69, 9.17) is 9.15 Å². The largest absolute Gasteiger partial charge is 0.469 e. The van der Waals surface area contributed by atoms with Gasteiger partial charge in [-0.05, 0) is 30.7 Å². The van der Waals surface area contributed by atoms with Crippen LogP contribution in [0.15, 0.2) is 41.0 Å². The second kappa shape index (κ2) is 6.34. The van der Waals surface area contributed by atoms with Crippen molar-refractivity contribution in [2.24, 2.45) is 0 Å². The smallest absolute Gasteiger partial charge is 0.254 e. The van der Waals surface area contributed by atoms with E-state index in [0.29, 0.717) is 17.9 Å². The second-order valence-electron chi connectivity index (χ2n) is 4.38. The van der Waals surface area contributed by atoms with Crippen molar-refractivity contribution in [3.8, 4) is 0 Å². The Morgan fingerprint density at radius 1 is 1.35 bits per heavy atom. The third kappa shape index (κ3) is 3.24. The van der Waals surface area contributed by atoms with Crippen LogP contribution in [0, 0.1) is 12.7 Å². The van der Waals surface area contributed by atoms with Crippen molar-refractivity contribution >= 4 is 5.91 Å². The van der Waals surface area contributed by atoms with Gasteiger partial charge in [0.15, 0.2) is 0 Å². The molecular formula is C15H16FNO3. The minimum absolute atomic E-state index is 0.222. The first-order chi connectivity index (χ1) is 9.61. The summed E-state index contributed by atoms with van der Waals surface area (Å²) in [5.74, 6) is 0.0420. The number of ether oxygens (including phenoxy) is 1. The molecule has 0 radical (unpaired) electrons. The Morgan fingerprint density at radius 3 is 2.60 bits per heavy atom. The van der Waals surface area contributed by atoms with Gasteiger partial charge < -0.3 is 14.5 Å². The van der Waals surface area contributed by atoms with E-state index in [-0.39, 0.29) is 17.8 Å². The number of hydrogen-bond donors (Lipinski definition) is 1. The Labute approximate surface area is 116 Å². The third-order valence-electron chi connectivity index (χ3n) is 3.08. The van der Waals surface area contributed by atoms with Crippen LogP contribution < -0.4 is 5.32 Å². The lowest BCUT2D eigenvalue weighted by Gasteiger charge is -2.16. The Bertz CT molecular complexity index is 577. The molecule has 1 aromatic carbocycles. The number of rotatable bonds is 5. The number of hydrogen-bond acceptors (Lipinski definition) is 3. The molecule has 0 aliphatic carbocycles. The van der Waals surface area contributed by atoms with E-state index in [2.05, 4.69) is 5.32 Å². The molecule has 20 heavy (non-hydrogen) atoms. The number of amides is 1. The molecule has 0 spiro atoms. The summed E-state index contributed by atoms with van der Waals surface area (Å²) in [6.45, 7) is 2.02. The van der Waals surface area contributed by atoms with E-state index in [1.165, 1.54) is 18.4 Å². The standard InChI is InChI=1S/C15H16FNO3/c1-10-13(7-8-20-10)15(18)17-9-14(19-2)11-3-5-12(16)6-4-11/h3-8,14H,9H2,1-2H3,(H,17,18). The summed E-state index contributed by atoms with van der Waals surface area (Å²) in [5.41, 5.74) is 1.30. The highest BCUT2D eigenvalue weighted by molar-refractivity contribution is 5.95. The first-order valence-corrected chi connectivity index (χ1v) is 6.22. The highest BCUT2D eigenvalue weighted by Crippen LogP contribution is 2.16. The van der Waals surface area contributed by atoms with Gasteiger partial charge in [-0.3, -0.25) is 4.79 Å². The third-order valence-corrected chi connectivity index (χ3v) is 3.08. The van der Waals surface area contributed by atoms with Crippen LogP contribution in [0.1, 0.15) is 27.8 Å². The Hall–Kier alpha value is -2.14. The highest BCUT2D eigenvalue weighted by atomic mass is 19.1. The highest BCUT2D eigenvalue weighted by Gasteiger charge is 2.15. The Kier molecular flexibility index (Phi) is 4.53. The maximum Gasteiger partial charge on any atom is 0.254 e. The average Bonchev–Trinajstić information content (AvgIpc) is 2.87. The predicted molar refractivity (Wildman–Crippen MR) is 71.9 cm³/mol. The van der Waals surface area contributed by atoms with Gasteiger partial charge in [-0.2, -0.15) is 0 Å². The van der Waals surface area contributed by atoms with Crippen LogP contribution in [-0.2, 0) is 4.74 Å². The van der Waals surface area contributed by atoms with Crippen LogP contribution >= 0.6 is 0 Å². The molecule has 0 aliphatic heterocycles. The molecule has 106 valence electrons. The molecule has 0 aliphatic rings. The van der Waals surface area contributed by atoms with Crippen molar-refractivity contribution in [3.05, 3.63) is 59.3 Å². The summed E-state index contributed by atoms with van der Waals surface area (Å²) < 4.78 is 23.3. The SMILES string of the molecule is COC(CNC(=O)c1ccoc1C)c1ccc(F)cc1. The van der Waals surface area contributed by atoms with Crippen LogP contribution in [0.5, 0.6) is 0 Å². The molecule has 1 heterocycles. The van der Waals surface area contributed by atoms with Gasteiger partial charge in [0, 0.05) is 13.7 Å². The summed E-state index contributed by atoms with van der Waals surface area (Å²) in [6, 6.07) is 7.62. The van der Waals surface area contributed by atoms with Crippen LogP contribution in [0.4, 0.5) is 4.39 Å². The average molecular weight is 277 g/mol. The number of carbonyl (C=O) groups excluding carboxylic acids is 1. The van der Waals surface area contributed by atoms with Gasteiger partial charge in [-0.1, -0.05) is 12.1 Å². The first kappa shape index (κ1) is 14.3. The first-order valence-electron chi connectivity index (χ1n) is 6.22. The fourth-order valence-corrected chi connectivity index (χ4v) is 1.92.